The molecule has 2 rings (SSSR count). The molecule has 1 N–H and O–H groups in total. The second-order valence-corrected chi connectivity index (χ2v) is 5.08. The van der Waals surface area contributed by atoms with Gasteiger partial charge >= 0.3 is 0 Å². The van der Waals surface area contributed by atoms with E-state index in [0.717, 1.165) is 6.42 Å². The molecule has 1 aromatic rings. The first-order chi connectivity index (χ1) is 8.18. The van der Waals surface area contributed by atoms with Gasteiger partial charge in [-0.25, -0.2) is 0 Å². The monoisotopic (exact) mass is 232 g/mol. The predicted octanol–water partition coefficient (Wildman–Crippen LogP) is 2.64. The zero-order valence-electron chi connectivity index (χ0n) is 10.5. The van der Waals surface area contributed by atoms with Crippen LogP contribution in [0.2, 0.25) is 0 Å². The van der Waals surface area contributed by atoms with Gasteiger partial charge in [-0.15, -0.1) is 0 Å². The van der Waals surface area contributed by atoms with Crippen LogP contribution in [0.5, 0.6) is 0 Å². The summed E-state index contributed by atoms with van der Waals surface area (Å²) in [7, 11) is 0. The van der Waals surface area contributed by atoms with Crippen LogP contribution in [0.25, 0.3) is 0 Å². The molecular weight excluding hydrogens is 212 g/mol. The van der Waals surface area contributed by atoms with E-state index in [1.807, 2.05) is 0 Å². The van der Waals surface area contributed by atoms with Crippen LogP contribution >= 0.6 is 0 Å². The molecule has 3 atom stereocenters. The molecule has 1 aromatic heterocycles. The average molecular weight is 232 g/mol. The van der Waals surface area contributed by atoms with Crippen LogP contribution in [0.3, 0.4) is 0 Å². The summed E-state index contributed by atoms with van der Waals surface area (Å²) in [6.07, 6.45) is 6.90. The molecule has 1 aliphatic carbocycles. The van der Waals surface area contributed by atoms with Gasteiger partial charge in [-0.3, -0.25) is 9.78 Å². The first-order valence-electron chi connectivity index (χ1n) is 6.39. The molecule has 1 aliphatic rings. The second kappa shape index (κ2) is 5.30. The molecule has 0 spiro atoms. The van der Waals surface area contributed by atoms with Gasteiger partial charge < -0.3 is 5.32 Å². The Hall–Kier alpha value is -1.38. The summed E-state index contributed by atoms with van der Waals surface area (Å²) < 4.78 is 0. The van der Waals surface area contributed by atoms with Gasteiger partial charge in [0.1, 0.15) is 0 Å². The molecule has 1 saturated carbocycles. The molecule has 1 heterocycles. The Bertz CT molecular complexity index is 377. The normalized spacial score (nSPS) is 28.7. The lowest BCUT2D eigenvalue weighted by Crippen LogP contribution is -2.43. The lowest BCUT2D eigenvalue weighted by Gasteiger charge is -2.34. The van der Waals surface area contributed by atoms with Crippen LogP contribution in [0.4, 0.5) is 0 Å². The highest BCUT2D eigenvalue weighted by Crippen LogP contribution is 2.29. The Morgan fingerprint density at radius 3 is 2.71 bits per heavy atom. The minimum atomic E-state index is 0.0263. The Morgan fingerprint density at radius 2 is 2.00 bits per heavy atom. The van der Waals surface area contributed by atoms with Gasteiger partial charge in [-0.2, -0.15) is 0 Å². The zero-order chi connectivity index (χ0) is 12.3. The van der Waals surface area contributed by atoms with Crippen molar-refractivity contribution in [2.75, 3.05) is 0 Å². The first kappa shape index (κ1) is 12.1. The minimum absolute atomic E-state index is 0.0263. The number of nitrogens with one attached hydrogen (secondary N) is 1. The third kappa shape index (κ3) is 2.84. The molecule has 1 fully saturated rings. The average Bonchev–Trinajstić information content (AvgIpc) is 2.36. The predicted molar refractivity (Wildman–Crippen MR) is 67.7 cm³/mol. The van der Waals surface area contributed by atoms with E-state index in [4.69, 9.17) is 0 Å². The SMILES string of the molecule is C[C@@H]1[C@H](C)CCC[C@@H]1NC(=O)c1ccncc1. The molecule has 17 heavy (non-hydrogen) atoms. The fourth-order valence-corrected chi connectivity index (χ4v) is 2.54. The summed E-state index contributed by atoms with van der Waals surface area (Å²) in [4.78, 5) is 15.9. The molecule has 3 nitrogen and oxygen atoms in total. The van der Waals surface area contributed by atoms with Crippen molar-refractivity contribution in [3.63, 3.8) is 0 Å². The smallest absolute Gasteiger partial charge is 0.251 e. The standard InChI is InChI=1S/C14H20N2O/c1-10-4-3-5-13(11(10)2)16-14(17)12-6-8-15-9-7-12/h6-11,13H,3-5H2,1-2H3,(H,16,17)/t10-,11-,13+/m1/s1. The maximum absolute atomic E-state index is 12.0. The molecule has 0 aromatic carbocycles. The highest BCUT2D eigenvalue weighted by Gasteiger charge is 2.28. The van der Waals surface area contributed by atoms with Gasteiger partial charge in [0, 0.05) is 24.0 Å². The van der Waals surface area contributed by atoms with E-state index in [1.165, 1.54) is 12.8 Å². The Labute approximate surface area is 103 Å². The number of pyridine rings is 1. The Morgan fingerprint density at radius 1 is 1.29 bits per heavy atom. The molecule has 1 amide bonds. The highest BCUT2D eigenvalue weighted by atomic mass is 16.1. The number of hydrogen-bond acceptors (Lipinski definition) is 2. The van der Waals surface area contributed by atoms with E-state index in [-0.39, 0.29) is 5.91 Å². The molecule has 0 saturated heterocycles. The molecule has 0 aliphatic heterocycles. The number of rotatable bonds is 2. The van der Waals surface area contributed by atoms with Gasteiger partial charge in [-0.1, -0.05) is 26.7 Å². The summed E-state index contributed by atoms with van der Waals surface area (Å²) in [5.41, 5.74) is 0.699. The fraction of sp³-hybridized carbons (Fsp3) is 0.571. The molecule has 0 radical (unpaired) electrons. The first-order valence-corrected chi connectivity index (χ1v) is 6.39. The molecule has 3 heteroatoms. The summed E-state index contributed by atoms with van der Waals surface area (Å²) in [5.74, 6) is 1.29. The number of aromatic nitrogens is 1. The van der Waals surface area contributed by atoms with E-state index < -0.39 is 0 Å². The maximum atomic E-state index is 12.0. The number of carbonyl (C=O) groups excluding carboxylic acids is 1. The van der Waals surface area contributed by atoms with Crippen LogP contribution in [-0.4, -0.2) is 16.9 Å². The lowest BCUT2D eigenvalue weighted by atomic mass is 9.78. The van der Waals surface area contributed by atoms with Gasteiger partial charge in [0.15, 0.2) is 0 Å². The quantitative estimate of drug-likeness (QED) is 0.851. The van der Waals surface area contributed by atoms with Crippen LogP contribution in [0.1, 0.15) is 43.5 Å². The number of amides is 1. The largest absolute Gasteiger partial charge is 0.349 e. The van der Waals surface area contributed by atoms with Crippen molar-refractivity contribution in [3.05, 3.63) is 30.1 Å². The van der Waals surface area contributed by atoms with E-state index in [9.17, 15) is 4.79 Å². The van der Waals surface area contributed by atoms with Gasteiger partial charge in [0.05, 0.1) is 0 Å². The van der Waals surface area contributed by atoms with E-state index in [0.29, 0.717) is 23.4 Å². The minimum Gasteiger partial charge on any atom is -0.349 e. The topological polar surface area (TPSA) is 42.0 Å². The summed E-state index contributed by atoms with van der Waals surface area (Å²) in [5, 5.41) is 3.15. The van der Waals surface area contributed by atoms with Gasteiger partial charge in [0.25, 0.3) is 5.91 Å². The molecule has 92 valence electrons. The van der Waals surface area contributed by atoms with Gasteiger partial charge in [0.2, 0.25) is 0 Å². The Balaban J connectivity index is 1.99. The third-order valence-electron chi connectivity index (χ3n) is 3.97. The second-order valence-electron chi connectivity index (χ2n) is 5.08. The summed E-state index contributed by atoms with van der Waals surface area (Å²) in [6.45, 7) is 4.51. The fourth-order valence-electron chi connectivity index (χ4n) is 2.54. The van der Waals surface area contributed by atoms with Crippen molar-refractivity contribution in [1.29, 1.82) is 0 Å². The third-order valence-corrected chi connectivity index (χ3v) is 3.97. The van der Waals surface area contributed by atoms with Crippen molar-refractivity contribution in [2.45, 2.75) is 39.2 Å². The maximum Gasteiger partial charge on any atom is 0.251 e. The molecule has 0 unspecified atom stereocenters. The van der Waals surface area contributed by atoms with Crippen molar-refractivity contribution >= 4 is 5.91 Å². The van der Waals surface area contributed by atoms with Crippen molar-refractivity contribution < 1.29 is 4.79 Å². The van der Waals surface area contributed by atoms with Crippen molar-refractivity contribution in [2.24, 2.45) is 11.8 Å². The van der Waals surface area contributed by atoms with E-state index in [2.05, 4.69) is 24.1 Å². The zero-order valence-corrected chi connectivity index (χ0v) is 10.5. The van der Waals surface area contributed by atoms with Gasteiger partial charge in [-0.05, 0) is 30.4 Å². The molecule has 0 bridgehead atoms. The van der Waals surface area contributed by atoms with Crippen LogP contribution in [0.15, 0.2) is 24.5 Å². The number of hydrogen-bond donors (Lipinski definition) is 1. The van der Waals surface area contributed by atoms with Crippen LogP contribution in [0, 0.1) is 11.8 Å². The number of carbonyl (C=O) groups is 1. The summed E-state index contributed by atoms with van der Waals surface area (Å²) in [6, 6.07) is 3.83. The van der Waals surface area contributed by atoms with Crippen LogP contribution in [-0.2, 0) is 0 Å². The number of nitrogens with zero attached hydrogens (tertiary/aromatic N) is 1. The van der Waals surface area contributed by atoms with Crippen LogP contribution < -0.4 is 5.32 Å². The van der Waals surface area contributed by atoms with E-state index in [1.54, 1.807) is 24.5 Å². The lowest BCUT2D eigenvalue weighted by molar-refractivity contribution is 0.0891. The van der Waals surface area contributed by atoms with Crippen molar-refractivity contribution in [1.82, 2.24) is 10.3 Å². The highest BCUT2D eigenvalue weighted by molar-refractivity contribution is 5.94. The van der Waals surface area contributed by atoms with Crippen molar-refractivity contribution in [3.8, 4) is 0 Å². The van der Waals surface area contributed by atoms with E-state index >= 15 is 0 Å². The molecular formula is C14H20N2O. The summed E-state index contributed by atoms with van der Waals surface area (Å²) >= 11 is 0. The Kier molecular flexibility index (Phi) is 3.77.